The first-order chi connectivity index (χ1) is 14.2. The second-order valence-corrected chi connectivity index (χ2v) is 10.6. The second-order valence-electron chi connectivity index (χ2n) is 8.91. The third-order valence-electron chi connectivity index (χ3n) is 5.28. The minimum atomic E-state index is -3.60. The van der Waals surface area contributed by atoms with E-state index in [1.54, 1.807) is 19.2 Å². The molecule has 170 valence electrons. The SMILES string of the molecule is CCC1CCCCN1CCNC(=NC)NCc1ccccc1S(=O)(=O)NC(C)(C)C. The van der Waals surface area contributed by atoms with E-state index in [9.17, 15) is 8.42 Å². The Balaban J connectivity index is 1.94. The van der Waals surface area contributed by atoms with Gasteiger partial charge in [-0.1, -0.05) is 31.5 Å². The van der Waals surface area contributed by atoms with Crippen LogP contribution in [0.5, 0.6) is 0 Å². The van der Waals surface area contributed by atoms with Gasteiger partial charge in [-0.2, -0.15) is 0 Å². The average Bonchev–Trinajstić information content (AvgIpc) is 2.69. The van der Waals surface area contributed by atoms with Gasteiger partial charge in [0, 0.05) is 38.3 Å². The number of aliphatic imine (C=N–C) groups is 1. The standard InChI is InChI=1S/C22H39N5O2S/c1-6-19-12-9-10-15-27(19)16-14-24-21(23-5)25-17-18-11-7-8-13-20(18)30(28,29)26-22(2,3)4/h7-8,11,13,19,26H,6,9-10,12,14-17H2,1-5H3,(H2,23,24,25). The molecule has 7 nitrogen and oxygen atoms in total. The van der Waals surface area contributed by atoms with Crippen molar-refractivity contribution in [2.75, 3.05) is 26.7 Å². The van der Waals surface area contributed by atoms with Crippen molar-refractivity contribution < 1.29 is 8.42 Å². The smallest absolute Gasteiger partial charge is 0.241 e. The molecule has 1 aliphatic rings. The van der Waals surface area contributed by atoms with Crippen LogP contribution in [0.4, 0.5) is 0 Å². The highest BCUT2D eigenvalue weighted by atomic mass is 32.2. The summed E-state index contributed by atoms with van der Waals surface area (Å²) < 4.78 is 28.3. The van der Waals surface area contributed by atoms with E-state index in [-0.39, 0.29) is 0 Å². The van der Waals surface area contributed by atoms with Crippen LogP contribution >= 0.6 is 0 Å². The Kier molecular flexibility index (Phi) is 9.12. The minimum Gasteiger partial charge on any atom is -0.355 e. The maximum Gasteiger partial charge on any atom is 0.241 e. The summed E-state index contributed by atoms with van der Waals surface area (Å²) in [5.74, 6) is 0.677. The van der Waals surface area contributed by atoms with Crippen molar-refractivity contribution >= 4 is 16.0 Å². The highest BCUT2D eigenvalue weighted by molar-refractivity contribution is 7.89. The molecule has 30 heavy (non-hydrogen) atoms. The molecule has 1 aromatic rings. The first-order valence-corrected chi connectivity index (χ1v) is 12.4. The van der Waals surface area contributed by atoms with Gasteiger partial charge in [-0.05, 0) is 58.2 Å². The van der Waals surface area contributed by atoms with Gasteiger partial charge in [0.2, 0.25) is 10.0 Å². The zero-order valence-corrected chi connectivity index (χ0v) is 20.0. The zero-order chi connectivity index (χ0) is 22.2. The number of hydrogen-bond acceptors (Lipinski definition) is 4. The van der Waals surface area contributed by atoms with Crippen molar-refractivity contribution in [3.63, 3.8) is 0 Å². The molecule has 0 spiro atoms. The van der Waals surface area contributed by atoms with Crippen LogP contribution in [-0.2, 0) is 16.6 Å². The molecular weight excluding hydrogens is 398 g/mol. The molecule has 3 N–H and O–H groups in total. The molecule has 0 saturated carbocycles. The number of benzene rings is 1. The van der Waals surface area contributed by atoms with Crippen LogP contribution in [0.1, 0.15) is 58.9 Å². The fourth-order valence-electron chi connectivity index (χ4n) is 3.90. The molecule has 8 heteroatoms. The summed E-state index contributed by atoms with van der Waals surface area (Å²) in [7, 11) is -1.87. The monoisotopic (exact) mass is 437 g/mol. The summed E-state index contributed by atoms with van der Waals surface area (Å²) in [5.41, 5.74) is 0.168. The highest BCUT2D eigenvalue weighted by Crippen LogP contribution is 2.19. The van der Waals surface area contributed by atoms with E-state index in [0.717, 1.165) is 19.6 Å². The number of likely N-dealkylation sites (tertiary alicyclic amines) is 1. The fraction of sp³-hybridized carbons (Fsp3) is 0.682. The largest absolute Gasteiger partial charge is 0.355 e. The number of guanidine groups is 1. The van der Waals surface area contributed by atoms with Crippen molar-refractivity contribution in [2.45, 2.75) is 76.4 Å². The maximum absolute atomic E-state index is 12.8. The number of hydrogen-bond donors (Lipinski definition) is 3. The molecular formula is C22H39N5O2S. The van der Waals surface area contributed by atoms with Crippen LogP contribution < -0.4 is 15.4 Å². The van der Waals surface area contributed by atoms with E-state index in [0.29, 0.717) is 29.0 Å². The molecule has 1 aromatic carbocycles. The third-order valence-corrected chi connectivity index (χ3v) is 7.14. The van der Waals surface area contributed by atoms with Gasteiger partial charge in [-0.25, -0.2) is 13.1 Å². The Morgan fingerprint density at radius 2 is 1.93 bits per heavy atom. The van der Waals surface area contributed by atoms with Crippen LogP contribution in [0.2, 0.25) is 0 Å². The molecule has 1 unspecified atom stereocenters. The summed E-state index contributed by atoms with van der Waals surface area (Å²) >= 11 is 0. The Hall–Kier alpha value is -1.64. The molecule has 0 radical (unpaired) electrons. The Labute approximate surface area is 182 Å². The quantitative estimate of drug-likeness (QED) is 0.430. The van der Waals surface area contributed by atoms with Crippen LogP contribution in [0.15, 0.2) is 34.2 Å². The minimum absolute atomic E-state index is 0.294. The van der Waals surface area contributed by atoms with Gasteiger partial charge in [0.15, 0.2) is 5.96 Å². The Morgan fingerprint density at radius 1 is 1.20 bits per heavy atom. The predicted octanol–water partition coefficient (Wildman–Crippen LogP) is 2.69. The van der Waals surface area contributed by atoms with Gasteiger partial charge >= 0.3 is 0 Å². The normalized spacial score (nSPS) is 19.0. The Morgan fingerprint density at radius 3 is 2.60 bits per heavy atom. The van der Waals surface area contributed by atoms with Crippen molar-refractivity contribution in [1.29, 1.82) is 0 Å². The number of nitrogens with one attached hydrogen (secondary N) is 3. The van der Waals surface area contributed by atoms with Crippen molar-refractivity contribution in [1.82, 2.24) is 20.3 Å². The van der Waals surface area contributed by atoms with E-state index in [2.05, 4.69) is 32.2 Å². The van der Waals surface area contributed by atoms with Crippen LogP contribution in [0.3, 0.4) is 0 Å². The van der Waals surface area contributed by atoms with Crippen LogP contribution in [0.25, 0.3) is 0 Å². The molecule has 1 saturated heterocycles. The second kappa shape index (κ2) is 11.1. The van der Waals surface area contributed by atoms with Crippen molar-refractivity contribution in [3.05, 3.63) is 29.8 Å². The van der Waals surface area contributed by atoms with Gasteiger partial charge in [-0.3, -0.25) is 9.89 Å². The average molecular weight is 438 g/mol. The molecule has 0 aromatic heterocycles. The van der Waals surface area contributed by atoms with Crippen molar-refractivity contribution in [2.24, 2.45) is 4.99 Å². The summed E-state index contributed by atoms with van der Waals surface area (Å²) in [6, 6.07) is 7.75. The predicted molar refractivity (Wildman–Crippen MR) is 124 cm³/mol. The maximum atomic E-state index is 12.8. The molecule has 0 bridgehead atoms. The van der Waals surface area contributed by atoms with Crippen LogP contribution in [0, 0.1) is 0 Å². The number of piperidine rings is 1. The lowest BCUT2D eigenvalue weighted by molar-refractivity contribution is 0.147. The van der Waals surface area contributed by atoms with E-state index >= 15 is 0 Å². The first-order valence-electron chi connectivity index (χ1n) is 11.0. The lowest BCUT2D eigenvalue weighted by Gasteiger charge is -2.35. The summed E-state index contributed by atoms with van der Waals surface area (Å²) in [6.45, 7) is 11.1. The molecule has 0 aliphatic carbocycles. The zero-order valence-electron chi connectivity index (χ0n) is 19.2. The van der Waals surface area contributed by atoms with E-state index in [4.69, 9.17) is 0 Å². The topological polar surface area (TPSA) is 85.8 Å². The summed E-state index contributed by atoms with van der Waals surface area (Å²) in [6.07, 6.45) is 5.09. The first kappa shape index (κ1) is 24.6. The third kappa shape index (κ3) is 7.56. The summed E-state index contributed by atoms with van der Waals surface area (Å²) in [5, 5.41) is 6.61. The van der Waals surface area contributed by atoms with Gasteiger partial charge in [0.25, 0.3) is 0 Å². The van der Waals surface area contributed by atoms with Gasteiger partial charge in [-0.15, -0.1) is 0 Å². The van der Waals surface area contributed by atoms with Gasteiger partial charge < -0.3 is 10.6 Å². The van der Waals surface area contributed by atoms with Gasteiger partial charge in [0.05, 0.1) is 4.90 Å². The summed E-state index contributed by atoms with van der Waals surface area (Å²) in [4.78, 5) is 7.14. The molecule has 1 atom stereocenters. The van der Waals surface area contributed by atoms with Gasteiger partial charge in [0.1, 0.15) is 0 Å². The van der Waals surface area contributed by atoms with Crippen molar-refractivity contribution in [3.8, 4) is 0 Å². The molecule has 1 fully saturated rings. The van der Waals surface area contributed by atoms with E-state index in [1.165, 1.54) is 25.7 Å². The number of sulfonamides is 1. The van der Waals surface area contributed by atoms with E-state index in [1.807, 2.05) is 32.9 Å². The molecule has 2 rings (SSSR count). The Bertz CT molecular complexity index is 802. The molecule has 0 amide bonds. The lowest BCUT2D eigenvalue weighted by Crippen LogP contribution is -2.46. The van der Waals surface area contributed by atoms with E-state index < -0.39 is 15.6 Å². The highest BCUT2D eigenvalue weighted by Gasteiger charge is 2.24. The number of nitrogens with zero attached hydrogens (tertiary/aromatic N) is 2. The lowest BCUT2D eigenvalue weighted by atomic mass is 10.0. The van der Waals surface area contributed by atoms with Crippen LogP contribution in [-0.4, -0.2) is 57.5 Å². The fourth-order valence-corrected chi connectivity index (χ4v) is 5.56. The number of rotatable bonds is 8. The molecule has 1 aliphatic heterocycles. The molecule has 1 heterocycles.